The SMILES string of the molecule is C=CCOC12Oc3ccc(O)cc3C3C(CCCCO)C(CCCCO)C=C(C(=NOCc4ccc([N+](=O)[O-])cc4)CC1Sc1ccccc1)C32. The fourth-order valence-corrected chi connectivity index (χ4v) is 9.31. The molecule has 10 nitrogen and oxygen atoms in total. The molecule has 0 radical (unpaired) electrons. The van der Waals surface area contributed by atoms with E-state index in [9.17, 15) is 25.4 Å². The van der Waals surface area contributed by atoms with Gasteiger partial charge in [-0.25, -0.2) is 0 Å². The quantitative estimate of drug-likeness (QED) is 0.0550. The number of aromatic hydroxyl groups is 1. The van der Waals surface area contributed by atoms with Crippen molar-refractivity contribution in [1.29, 1.82) is 0 Å². The zero-order valence-electron chi connectivity index (χ0n) is 28.6. The van der Waals surface area contributed by atoms with Crippen LogP contribution >= 0.6 is 11.8 Å². The maximum absolute atomic E-state index is 11.2. The summed E-state index contributed by atoms with van der Waals surface area (Å²) in [5.74, 6) is -0.491. The van der Waals surface area contributed by atoms with Gasteiger partial charge in [0.15, 0.2) is 0 Å². The summed E-state index contributed by atoms with van der Waals surface area (Å²) in [4.78, 5) is 17.9. The van der Waals surface area contributed by atoms with Crippen LogP contribution in [0.2, 0.25) is 0 Å². The molecule has 2 aliphatic carbocycles. The van der Waals surface area contributed by atoms with Crippen molar-refractivity contribution < 1.29 is 34.6 Å². The largest absolute Gasteiger partial charge is 0.508 e. The smallest absolute Gasteiger partial charge is 0.269 e. The van der Waals surface area contributed by atoms with Gasteiger partial charge in [-0.3, -0.25) is 10.1 Å². The molecular weight excluding hydrogens is 669 g/mol. The fourth-order valence-electron chi connectivity index (χ4n) is 8.00. The summed E-state index contributed by atoms with van der Waals surface area (Å²) in [6, 6.07) is 21.7. The molecule has 1 saturated carbocycles. The maximum Gasteiger partial charge on any atom is 0.269 e. The molecule has 1 fully saturated rings. The van der Waals surface area contributed by atoms with Crippen LogP contribution in [0.15, 0.2) is 107 Å². The number of hydrogen-bond donors (Lipinski definition) is 3. The molecule has 51 heavy (non-hydrogen) atoms. The number of benzene rings is 3. The highest BCUT2D eigenvalue weighted by Gasteiger charge is 2.64. The normalized spacial score (nSPS) is 25.6. The Labute approximate surface area is 303 Å². The van der Waals surface area contributed by atoms with Crippen LogP contribution in [0.4, 0.5) is 5.69 Å². The van der Waals surface area contributed by atoms with Crippen LogP contribution in [-0.4, -0.2) is 56.8 Å². The Balaban J connectivity index is 1.49. The predicted octanol–water partition coefficient (Wildman–Crippen LogP) is 7.93. The Morgan fingerprint density at radius 3 is 2.47 bits per heavy atom. The molecule has 3 aliphatic rings. The van der Waals surface area contributed by atoms with Gasteiger partial charge in [0.05, 0.1) is 28.4 Å². The van der Waals surface area contributed by atoms with Crippen molar-refractivity contribution in [3.63, 3.8) is 0 Å². The Morgan fingerprint density at radius 2 is 1.76 bits per heavy atom. The number of rotatable bonds is 17. The van der Waals surface area contributed by atoms with Gasteiger partial charge in [0, 0.05) is 48.1 Å². The van der Waals surface area contributed by atoms with Crippen molar-refractivity contribution in [3.05, 3.63) is 118 Å². The van der Waals surface area contributed by atoms with E-state index in [1.807, 2.05) is 30.3 Å². The van der Waals surface area contributed by atoms with Gasteiger partial charge in [-0.15, -0.1) is 18.3 Å². The number of ether oxygens (including phenoxy) is 2. The summed E-state index contributed by atoms with van der Waals surface area (Å²) in [6.07, 6.45) is 9.29. The van der Waals surface area contributed by atoms with E-state index in [1.165, 1.54) is 12.1 Å². The van der Waals surface area contributed by atoms with Crippen molar-refractivity contribution in [3.8, 4) is 11.5 Å². The summed E-state index contributed by atoms with van der Waals surface area (Å²) in [7, 11) is 0. The first-order valence-electron chi connectivity index (χ1n) is 17.7. The molecule has 3 aromatic carbocycles. The fraction of sp³-hybridized carbons (Fsp3) is 0.425. The molecule has 3 aromatic rings. The number of fused-ring (bicyclic) bond motifs is 2. The van der Waals surface area contributed by atoms with E-state index in [-0.39, 0.29) is 66.8 Å². The molecule has 6 unspecified atom stereocenters. The molecule has 6 rings (SSSR count). The van der Waals surface area contributed by atoms with Gasteiger partial charge in [-0.05, 0) is 91.1 Å². The number of thioether (sulfide) groups is 1. The first kappa shape index (κ1) is 36.6. The van der Waals surface area contributed by atoms with E-state index in [2.05, 4.69) is 24.8 Å². The lowest BCUT2D eigenvalue weighted by Crippen LogP contribution is -2.64. The minimum absolute atomic E-state index is 0.0109. The number of aliphatic hydroxyl groups excluding tert-OH is 2. The van der Waals surface area contributed by atoms with Crippen LogP contribution in [0.25, 0.3) is 0 Å². The molecule has 1 heterocycles. The summed E-state index contributed by atoms with van der Waals surface area (Å²) >= 11 is 1.67. The number of oxime groups is 1. The van der Waals surface area contributed by atoms with Crippen molar-refractivity contribution in [2.24, 2.45) is 22.9 Å². The molecule has 3 N–H and O–H groups in total. The molecular formula is C40H46N2O8S. The van der Waals surface area contributed by atoms with Gasteiger partial charge in [0.2, 0.25) is 5.79 Å². The molecule has 1 aliphatic heterocycles. The zero-order chi connectivity index (χ0) is 35.8. The van der Waals surface area contributed by atoms with Gasteiger partial charge < -0.3 is 29.6 Å². The molecule has 0 spiro atoms. The van der Waals surface area contributed by atoms with E-state index >= 15 is 0 Å². The molecule has 11 heteroatoms. The van der Waals surface area contributed by atoms with Crippen LogP contribution in [0.1, 0.15) is 62.0 Å². The third-order valence-electron chi connectivity index (χ3n) is 10.2. The first-order valence-corrected chi connectivity index (χ1v) is 18.6. The van der Waals surface area contributed by atoms with Gasteiger partial charge in [-0.2, -0.15) is 0 Å². The van der Waals surface area contributed by atoms with Gasteiger partial charge in [0.25, 0.3) is 5.69 Å². The molecule has 6 atom stereocenters. The molecule has 0 aromatic heterocycles. The Bertz CT molecular complexity index is 1720. The zero-order valence-corrected chi connectivity index (χ0v) is 29.5. The lowest BCUT2D eigenvalue weighted by molar-refractivity contribution is -0.384. The van der Waals surface area contributed by atoms with E-state index in [0.29, 0.717) is 25.0 Å². The lowest BCUT2D eigenvalue weighted by atomic mass is 9.56. The number of unbranched alkanes of at least 4 members (excludes halogenated alkanes) is 2. The minimum Gasteiger partial charge on any atom is -0.508 e. The number of allylic oxidation sites excluding steroid dienone is 1. The minimum atomic E-state index is -1.13. The molecule has 0 bridgehead atoms. The Hall–Kier alpha value is -4.16. The second kappa shape index (κ2) is 16.9. The number of phenolic OH excluding ortho intramolecular Hbond substituents is 1. The first-order chi connectivity index (χ1) is 24.9. The number of hydrogen-bond acceptors (Lipinski definition) is 10. The third-order valence-corrected chi connectivity index (χ3v) is 11.5. The van der Waals surface area contributed by atoms with Crippen LogP contribution < -0.4 is 4.74 Å². The van der Waals surface area contributed by atoms with Gasteiger partial charge in [-0.1, -0.05) is 48.3 Å². The summed E-state index contributed by atoms with van der Waals surface area (Å²) in [6.45, 7) is 4.60. The summed E-state index contributed by atoms with van der Waals surface area (Å²) in [5.41, 5.74) is 3.45. The maximum atomic E-state index is 11.2. The van der Waals surface area contributed by atoms with Crippen LogP contribution in [-0.2, 0) is 16.2 Å². The van der Waals surface area contributed by atoms with E-state index in [0.717, 1.165) is 53.0 Å². The van der Waals surface area contributed by atoms with Crippen LogP contribution in [0.3, 0.4) is 0 Å². The molecule has 270 valence electrons. The van der Waals surface area contributed by atoms with Crippen molar-refractivity contribution in [2.45, 2.75) is 73.4 Å². The number of nitro benzene ring substituents is 1. The number of phenols is 1. The van der Waals surface area contributed by atoms with Crippen molar-refractivity contribution in [2.75, 3.05) is 19.8 Å². The van der Waals surface area contributed by atoms with Crippen LogP contribution in [0.5, 0.6) is 11.5 Å². The highest BCUT2D eigenvalue weighted by molar-refractivity contribution is 8.00. The second-order valence-electron chi connectivity index (χ2n) is 13.4. The summed E-state index contributed by atoms with van der Waals surface area (Å²) in [5, 5.41) is 46.0. The topological polar surface area (TPSA) is 144 Å². The number of non-ortho nitro benzene ring substituents is 1. The Morgan fingerprint density at radius 1 is 1.02 bits per heavy atom. The average Bonchev–Trinajstić information content (AvgIpc) is 3.14. The van der Waals surface area contributed by atoms with E-state index in [1.54, 1.807) is 36.0 Å². The highest BCUT2D eigenvalue weighted by Crippen LogP contribution is 2.63. The van der Waals surface area contributed by atoms with Crippen LogP contribution in [0, 0.1) is 27.9 Å². The average molecular weight is 715 g/mol. The molecule has 0 amide bonds. The highest BCUT2D eigenvalue weighted by atomic mass is 32.2. The van der Waals surface area contributed by atoms with E-state index < -0.39 is 10.7 Å². The number of nitrogens with zero attached hydrogens (tertiary/aromatic N) is 2. The van der Waals surface area contributed by atoms with E-state index in [4.69, 9.17) is 19.5 Å². The summed E-state index contributed by atoms with van der Waals surface area (Å²) < 4.78 is 14.0. The van der Waals surface area contributed by atoms with Crippen molar-refractivity contribution in [1.82, 2.24) is 0 Å². The monoisotopic (exact) mass is 714 g/mol. The Kier molecular flexibility index (Phi) is 12.1. The molecule has 0 saturated heterocycles. The second-order valence-corrected chi connectivity index (χ2v) is 14.7. The lowest BCUT2D eigenvalue weighted by Gasteiger charge is -2.58. The standard InChI is InChI=1S/C40H46N2O8S/c1-2-22-48-40-37(51-31-11-4-3-5-12-31)25-35(41-49-26-27-14-16-29(17-15-27)42(46)47)33-23-28(10-6-8-20-43)32(13-7-9-21-44)38(39(33)40)34-24-30(45)18-19-36(34)50-40/h2-5,11-12,14-19,23-24,28,32,37-39,43-45H,1,6-10,13,20-22,25-26H2. The third kappa shape index (κ3) is 8.02. The van der Waals surface area contributed by atoms with Gasteiger partial charge in [0.1, 0.15) is 18.1 Å². The predicted molar refractivity (Wildman–Crippen MR) is 197 cm³/mol. The van der Waals surface area contributed by atoms with Gasteiger partial charge >= 0.3 is 0 Å². The number of nitro groups is 1. The van der Waals surface area contributed by atoms with Crippen molar-refractivity contribution >= 4 is 23.2 Å². The number of aliphatic hydroxyl groups is 2.